The van der Waals surface area contributed by atoms with E-state index in [1.54, 1.807) is 18.3 Å². The first-order valence-corrected chi connectivity index (χ1v) is 9.56. The molecule has 1 aliphatic heterocycles. The van der Waals surface area contributed by atoms with Crippen LogP contribution in [0.25, 0.3) is 0 Å². The average molecular weight is 378 g/mol. The maximum absolute atomic E-state index is 13.0. The van der Waals surface area contributed by atoms with Gasteiger partial charge in [0, 0.05) is 31.0 Å². The first-order valence-electron chi connectivity index (χ1n) is 9.56. The zero-order chi connectivity index (χ0) is 19.2. The highest BCUT2D eigenvalue weighted by Crippen LogP contribution is 2.23. The van der Waals surface area contributed by atoms with Crippen LogP contribution in [0.4, 0.5) is 27.5 Å². The lowest BCUT2D eigenvalue weighted by Crippen LogP contribution is -2.29. The highest BCUT2D eigenvalue weighted by molar-refractivity contribution is 5.61. The van der Waals surface area contributed by atoms with E-state index in [9.17, 15) is 4.39 Å². The molecule has 0 radical (unpaired) electrons. The van der Waals surface area contributed by atoms with Crippen molar-refractivity contribution in [1.82, 2.24) is 15.2 Å². The molecule has 1 saturated heterocycles. The molecular weight excluding hydrogens is 355 g/mol. The third kappa shape index (κ3) is 4.73. The normalized spacial score (nSPS) is 14.0. The third-order valence-electron chi connectivity index (χ3n) is 4.78. The minimum absolute atomic E-state index is 0.251. The highest BCUT2D eigenvalue weighted by Gasteiger charge is 2.10. The predicted molar refractivity (Wildman–Crippen MR) is 109 cm³/mol. The zero-order valence-electron chi connectivity index (χ0n) is 15.6. The van der Waals surface area contributed by atoms with E-state index in [0.29, 0.717) is 18.3 Å². The summed E-state index contributed by atoms with van der Waals surface area (Å²) in [5.74, 6) is 0.778. The summed E-state index contributed by atoms with van der Waals surface area (Å²) in [6, 6.07) is 14.7. The van der Waals surface area contributed by atoms with Crippen molar-refractivity contribution in [3.63, 3.8) is 0 Å². The van der Waals surface area contributed by atoms with E-state index in [1.807, 2.05) is 0 Å². The summed E-state index contributed by atoms with van der Waals surface area (Å²) in [7, 11) is 0. The molecule has 28 heavy (non-hydrogen) atoms. The monoisotopic (exact) mass is 378 g/mol. The second-order valence-corrected chi connectivity index (χ2v) is 6.86. The number of benzene rings is 2. The number of hydrogen-bond donors (Lipinski definition) is 2. The Morgan fingerprint density at radius 2 is 1.68 bits per heavy atom. The molecule has 0 spiro atoms. The quantitative estimate of drug-likeness (QED) is 0.665. The van der Waals surface area contributed by atoms with Gasteiger partial charge >= 0.3 is 0 Å². The lowest BCUT2D eigenvalue weighted by Gasteiger charge is -2.28. The average Bonchev–Trinajstić information content (AvgIpc) is 2.75. The third-order valence-corrected chi connectivity index (χ3v) is 4.78. The number of piperidine rings is 1. The van der Waals surface area contributed by atoms with Gasteiger partial charge in [0.2, 0.25) is 5.95 Å². The van der Waals surface area contributed by atoms with E-state index >= 15 is 0 Å². The first kappa shape index (κ1) is 18.2. The van der Waals surface area contributed by atoms with Gasteiger partial charge < -0.3 is 15.5 Å². The summed E-state index contributed by atoms with van der Waals surface area (Å²) in [6.07, 6.45) is 5.44. The van der Waals surface area contributed by atoms with Crippen LogP contribution >= 0.6 is 0 Å². The molecule has 0 amide bonds. The van der Waals surface area contributed by atoms with Crippen molar-refractivity contribution in [2.75, 3.05) is 28.6 Å². The van der Waals surface area contributed by atoms with Crippen molar-refractivity contribution in [3.8, 4) is 0 Å². The summed E-state index contributed by atoms with van der Waals surface area (Å²) >= 11 is 0. The predicted octanol–water partition coefficient (Wildman–Crippen LogP) is 4.36. The minimum atomic E-state index is -0.251. The largest absolute Gasteiger partial charge is 0.372 e. The SMILES string of the molecule is Fc1ccc(CNc2nncc(Nc3ccc(N4CCCCC4)cc3)n2)cc1. The van der Waals surface area contributed by atoms with E-state index in [4.69, 9.17) is 0 Å². The maximum Gasteiger partial charge on any atom is 0.244 e. The second kappa shape index (κ2) is 8.65. The smallest absolute Gasteiger partial charge is 0.244 e. The Morgan fingerprint density at radius 1 is 0.929 bits per heavy atom. The summed E-state index contributed by atoms with van der Waals surface area (Å²) in [6.45, 7) is 2.76. The van der Waals surface area contributed by atoms with Crippen molar-refractivity contribution in [2.45, 2.75) is 25.8 Å². The van der Waals surface area contributed by atoms with Crippen LogP contribution < -0.4 is 15.5 Å². The van der Waals surface area contributed by atoms with Crippen molar-refractivity contribution < 1.29 is 4.39 Å². The van der Waals surface area contributed by atoms with Gasteiger partial charge in [-0.2, -0.15) is 10.1 Å². The highest BCUT2D eigenvalue weighted by atomic mass is 19.1. The van der Waals surface area contributed by atoms with Crippen LogP contribution in [0.15, 0.2) is 54.7 Å². The fraction of sp³-hybridized carbons (Fsp3) is 0.286. The van der Waals surface area contributed by atoms with E-state index in [-0.39, 0.29) is 5.82 Å². The van der Waals surface area contributed by atoms with E-state index < -0.39 is 0 Å². The summed E-state index contributed by atoms with van der Waals surface area (Å²) in [5.41, 5.74) is 3.15. The molecule has 1 aromatic heterocycles. The van der Waals surface area contributed by atoms with Crippen LogP contribution in [0.5, 0.6) is 0 Å². The fourth-order valence-electron chi connectivity index (χ4n) is 3.28. The lowest BCUT2D eigenvalue weighted by molar-refractivity contribution is 0.578. The molecule has 0 atom stereocenters. The van der Waals surface area contributed by atoms with Crippen LogP contribution in [0, 0.1) is 5.82 Å². The van der Waals surface area contributed by atoms with Crippen molar-refractivity contribution >= 4 is 23.1 Å². The van der Waals surface area contributed by atoms with Crippen molar-refractivity contribution in [2.24, 2.45) is 0 Å². The topological polar surface area (TPSA) is 66.0 Å². The van der Waals surface area contributed by atoms with E-state index in [0.717, 1.165) is 24.3 Å². The summed E-state index contributed by atoms with van der Waals surface area (Å²) in [5, 5.41) is 14.4. The van der Waals surface area contributed by atoms with Crippen molar-refractivity contribution in [3.05, 3.63) is 66.1 Å². The van der Waals surface area contributed by atoms with Gasteiger partial charge in [-0.25, -0.2) is 4.39 Å². The van der Waals surface area contributed by atoms with Crippen molar-refractivity contribution in [1.29, 1.82) is 0 Å². The number of nitrogens with one attached hydrogen (secondary N) is 2. The molecule has 1 fully saturated rings. The van der Waals surface area contributed by atoms with Gasteiger partial charge in [0.1, 0.15) is 5.82 Å². The number of halogens is 1. The summed E-state index contributed by atoms with van der Waals surface area (Å²) in [4.78, 5) is 6.86. The number of hydrogen-bond acceptors (Lipinski definition) is 6. The Morgan fingerprint density at radius 3 is 2.43 bits per heavy atom. The zero-order valence-corrected chi connectivity index (χ0v) is 15.6. The van der Waals surface area contributed by atoms with Gasteiger partial charge in [-0.1, -0.05) is 12.1 Å². The summed E-state index contributed by atoms with van der Waals surface area (Å²) < 4.78 is 13.0. The Hall–Kier alpha value is -3.22. The number of aromatic nitrogens is 3. The van der Waals surface area contributed by atoms with Gasteiger partial charge in [-0.3, -0.25) is 0 Å². The molecule has 0 aliphatic carbocycles. The molecule has 3 aromatic rings. The van der Waals surface area contributed by atoms with Crippen LogP contribution in [0.2, 0.25) is 0 Å². The van der Waals surface area contributed by atoms with Gasteiger partial charge in [-0.05, 0) is 61.2 Å². The standard InChI is InChI=1S/C21H23FN6/c22-17-6-4-16(5-7-17)14-23-21-26-20(15-24-27-21)25-18-8-10-19(11-9-18)28-12-2-1-3-13-28/h4-11,15H,1-3,12-14H2,(H2,23,25,26,27). The molecule has 0 unspecified atom stereocenters. The van der Waals surface area contributed by atoms with Gasteiger partial charge in [0.25, 0.3) is 0 Å². The van der Waals surface area contributed by atoms with Crippen LogP contribution in [0.1, 0.15) is 24.8 Å². The number of nitrogens with zero attached hydrogens (tertiary/aromatic N) is 4. The van der Waals surface area contributed by atoms with Gasteiger partial charge in [-0.15, -0.1) is 5.10 Å². The van der Waals surface area contributed by atoms with Crippen LogP contribution in [0.3, 0.4) is 0 Å². The molecule has 2 heterocycles. The van der Waals surface area contributed by atoms with E-state index in [1.165, 1.54) is 37.1 Å². The molecule has 1 aliphatic rings. The molecule has 2 aromatic carbocycles. The second-order valence-electron chi connectivity index (χ2n) is 6.86. The van der Waals surface area contributed by atoms with Gasteiger partial charge in [0.15, 0.2) is 5.82 Å². The molecule has 144 valence electrons. The Balaban J connectivity index is 1.36. The molecule has 0 bridgehead atoms. The van der Waals surface area contributed by atoms with E-state index in [2.05, 4.69) is 55.0 Å². The number of rotatable bonds is 6. The fourth-order valence-corrected chi connectivity index (χ4v) is 3.28. The Labute approximate surface area is 163 Å². The van der Waals surface area contributed by atoms with Crippen LogP contribution in [-0.2, 0) is 6.54 Å². The Bertz CT molecular complexity index is 892. The van der Waals surface area contributed by atoms with Crippen LogP contribution in [-0.4, -0.2) is 28.3 Å². The molecule has 4 rings (SSSR count). The maximum atomic E-state index is 13.0. The first-order chi connectivity index (χ1) is 13.8. The molecule has 7 heteroatoms. The molecule has 2 N–H and O–H groups in total. The lowest BCUT2D eigenvalue weighted by atomic mass is 10.1. The number of anilines is 4. The van der Waals surface area contributed by atoms with Gasteiger partial charge in [0.05, 0.1) is 6.20 Å². The minimum Gasteiger partial charge on any atom is -0.372 e. The molecule has 0 saturated carbocycles. The Kier molecular flexibility index (Phi) is 5.61. The molecular formula is C21H23FN6. The molecule has 6 nitrogen and oxygen atoms in total.